The van der Waals surface area contributed by atoms with Gasteiger partial charge >= 0.3 is 0 Å². The molecule has 0 fully saturated rings. The molecule has 1 N–H and O–H groups in total. The first-order valence-corrected chi connectivity index (χ1v) is 12.1. The van der Waals surface area contributed by atoms with Gasteiger partial charge in [0.15, 0.2) is 0 Å². The number of hydrogen-bond donors (Lipinski definition) is 1. The fraction of sp³-hybridized carbons (Fsp3) is 0.174. The molecule has 0 saturated heterocycles. The lowest BCUT2D eigenvalue weighted by atomic mass is 10.1. The van der Waals surface area contributed by atoms with Crippen LogP contribution in [0.15, 0.2) is 82.6 Å². The number of aryl methyl sites for hydroxylation is 1. The van der Waals surface area contributed by atoms with Gasteiger partial charge in [0, 0.05) is 29.7 Å². The predicted octanol–water partition coefficient (Wildman–Crippen LogP) is 4.79. The van der Waals surface area contributed by atoms with Crippen molar-refractivity contribution in [2.24, 2.45) is 0 Å². The molecular weight excluding hydrogens is 416 g/mol. The molecule has 0 bridgehead atoms. The summed E-state index contributed by atoms with van der Waals surface area (Å²) < 4.78 is 27.7. The molecule has 3 aromatic rings. The van der Waals surface area contributed by atoms with Crippen LogP contribution >= 0.6 is 11.8 Å². The van der Waals surface area contributed by atoms with E-state index in [4.69, 9.17) is 0 Å². The van der Waals surface area contributed by atoms with Gasteiger partial charge in [0.2, 0.25) is 0 Å². The molecule has 0 aromatic heterocycles. The summed E-state index contributed by atoms with van der Waals surface area (Å²) in [7, 11) is -1.94. The van der Waals surface area contributed by atoms with Crippen LogP contribution < -0.4 is 4.72 Å². The van der Waals surface area contributed by atoms with Crippen molar-refractivity contribution in [1.82, 2.24) is 4.90 Å². The van der Waals surface area contributed by atoms with Crippen LogP contribution in [0.1, 0.15) is 21.5 Å². The lowest BCUT2D eigenvalue weighted by Crippen LogP contribution is -2.26. The Labute approximate surface area is 182 Å². The minimum atomic E-state index is -3.69. The summed E-state index contributed by atoms with van der Waals surface area (Å²) in [6.07, 6.45) is 1.93. The first-order chi connectivity index (χ1) is 14.3. The molecule has 0 atom stereocenters. The van der Waals surface area contributed by atoms with Crippen molar-refractivity contribution in [3.63, 3.8) is 0 Å². The van der Waals surface area contributed by atoms with Crippen LogP contribution in [0.3, 0.4) is 0 Å². The molecule has 0 radical (unpaired) electrons. The van der Waals surface area contributed by atoms with E-state index in [0.717, 1.165) is 16.0 Å². The zero-order valence-corrected chi connectivity index (χ0v) is 18.8. The molecule has 5 nitrogen and oxygen atoms in total. The Morgan fingerprint density at radius 3 is 2.27 bits per heavy atom. The highest BCUT2D eigenvalue weighted by Crippen LogP contribution is 2.21. The second kappa shape index (κ2) is 9.36. The second-order valence-corrected chi connectivity index (χ2v) is 9.57. The van der Waals surface area contributed by atoms with Crippen molar-refractivity contribution in [2.45, 2.75) is 23.3 Å². The topological polar surface area (TPSA) is 66.5 Å². The Kier molecular flexibility index (Phi) is 6.84. The lowest BCUT2D eigenvalue weighted by Gasteiger charge is -2.18. The van der Waals surface area contributed by atoms with E-state index in [2.05, 4.69) is 4.72 Å². The van der Waals surface area contributed by atoms with Gasteiger partial charge in [-0.3, -0.25) is 9.52 Å². The summed E-state index contributed by atoms with van der Waals surface area (Å²) in [4.78, 5) is 15.5. The summed E-state index contributed by atoms with van der Waals surface area (Å²) in [5.74, 6) is -0.126. The van der Waals surface area contributed by atoms with Gasteiger partial charge in [-0.25, -0.2) is 8.42 Å². The quantitative estimate of drug-likeness (QED) is 0.537. The Morgan fingerprint density at radius 2 is 1.67 bits per heavy atom. The highest BCUT2D eigenvalue weighted by atomic mass is 32.2. The van der Waals surface area contributed by atoms with Crippen LogP contribution in [0.5, 0.6) is 0 Å². The lowest BCUT2D eigenvalue weighted by molar-refractivity contribution is 0.0785. The van der Waals surface area contributed by atoms with Gasteiger partial charge in [-0.15, -0.1) is 11.8 Å². The number of sulfonamides is 1. The first kappa shape index (κ1) is 21.9. The summed E-state index contributed by atoms with van der Waals surface area (Å²) in [5.41, 5.74) is 3.11. The number of thioether (sulfide) groups is 1. The second-order valence-electron chi connectivity index (χ2n) is 7.01. The normalized spacial score (nSPS) is 11.2. The largest absolute Gasteiger partial charge is 0.337 e. The molecule has 0 spiro atoms. The number of nitrogens with one attached hydrogen (secondary N) is 1. The number of amides is 1. The zero-order chi connectivity index (χ0) is 21.7. The molecule has 0 aliphatic rings. The van der Waals surface area contributed by atoms with E-state index in [1.54, 1.807) is 72.2 Å². The van der Waals surface area contributed by atoms with Crippen molar-refractivity contribution >= 4 is 33.4 Å². The summed E-state index contributed by atoms with van der Waals surface area (Å²) >= 11 is 1.55. The average Bonchev–Trinajstić information content (AvgIpc) is 2.73. The number of anilines is 1. The number of carbonyl (C=O) groups excluding carboxylic acids is 1. The van der Waals surface area contributed by atoms with E-state index in [1.165, 1.54) is 0 Å². The highest BCUT2D eigenvalue weighted by Gasteiger charge is 2.16. The third kappa shape index (κ3) is 5.43. The number of benzene rings is 3. The van der Waals surface area contributed by atoms with E-state index in [-0.39, 0.29) is 10.8 Å². The third-order valence-corrected chi connectivity index (χ3v) is 6.74. The maximum Gasteiger partial charge on any atom is 0.261 e. The van der Waals surface area contributed by atoms with Crippen molar-refractivity contribution in [1.29, 1.82) is 0 Å². The molecule has 7 heteroatoms. The fourth-order valence-electron chi connectivity index (χ4n) is 3.03. The maximum atomic E-state index is 12.7. The van der Waals surface area contributed by atoms with E-state index in [1.807, 2.05) is 37.4 Å². The Balaban J connectivity index is 1.68. The van der Waals surface area contributed by atoms with Crippen LogP contribution in [-0.4, -0.2) is 32.5 Å². The van der Waals surface area contributed by atoms with Gasteiger partial charge in [-0.05, 0) is 67.3 Å². The van der Waals surface area contributed by atoms with Gasteiger partial charge < -0.3 is 4.90 Å². The zero-order valence-electron chi connectivity index (χ0n) is 17.1. The summed E-state index contributed by atoms with van der Waals surface area (Å²) in [6, 6.07) is 21.2. The molecule has 0 heterocycles. The Bertz CT molecular complexity index is 1130. The van der Waals surface area contributed by atoms with Crippen molar-refractivity contribution < 1.29 is 13.2 Å². The molecule has 0 aliphatic carbocycles. The monoisotopic (exact) mass is 440 g/mol. The Morgan fingerprint density at radius 1 is 1.00 bits per heavy atom. The molecule has 0 saturated carbocycles. The molecule has 1 amide bonds. The van der Waals surface area contributed by atoms with Crippen molar-refractivity contribution in [3.8, 4) is 0 Å². The number of carbonyl (C=O) groups is 1. The average molecular weight is 441 g/mol. The predicted molar refractivity (Wildman–Crippen MR) is 122 cm³/mol. The standard InChI is InChI=1S/C23H24N2O3S2/c1-17-5-4-6-18(15-17)16-25(2)23(26)19-7-9-20(10-8-19)24-30(27,28)22-13-11-21(29-3)12-14-22/h4-15,24H,16H2,1-3H3. The van der Waals surface area contributed by atoms with E-state index in [9.17, 15) is 13.2 Å². The smallest absolute Gasteiger partial charge is 0.261 e. The van der Waals surface area contributed by atoms with Crippen LogP contribution in [0.2, 0.25) is 0 Å². The molecule has 3 rings (SSSR count). The highest BCUT2D eigenvalue weighted by molar-refractivity contribution is 7.98. The van der Waals surface area contributed by atoms with Gasteiger partial charge in [0.05, 0.1) is 4.90 Å². The Hall–Kier alpha value is -2.77. The number of nitrogens with zero attached hydrogens (tertiary/aromatic N) is 1. The maximum absolute atomic E-state index is 12.7. The van der Waals surface area contributed by atoms with Crippen LogP contribution in [0, 0.1) is 6.92 Å². The van der Waals surface area contributed by atoms with E-state index < -0.39 is 10.0 Å². The van der Waals surface area contributed by atoms with Gasteiger partial charge in [0.25, 0.3) is 15.9 Å². The number of hydrogen-bond acceptors (Lipinski definition) is 4. The third-order valence-electron chi connectivity index (χ3n) is 4.60. The molecule has 3 aromatic carbocycles. The number of rotatable bonds is 7. The van der Waals surface area contributed by atoms with E-state index >= 15 is 0 Å². The minimum Gasteiger partial charge on any atom is -0.337 e. The summed E-state index contributed by atoms with van der Waals surface area (Å²) in [5, 5.41) is 0. The molecule has 0 unspecified atom stereocenters. The van der Waals surface area contributed by atoms with Crippen LogP contribution in [-0.2, 0) is 16.6 Å². The van der Waals surface area contributed by atoms with Crippen LogP contribution in [0.4, 0.5) is 5.69 Å². The van der Waals surface area contributed by atoms with Crippen molar-refractivity contribution in [3.05, 3.63) is 89.5 Å². The van der Waals surface area contributed by atoms with E-state index in [0.29, 0.717) is 17.8 Å². The van der Waals surface area contributed by atoms with Crippen molar-refractivity contribution in [2.75, 3.05) is 18.0 Å². The molecular formula is C23H24N2O3S2. The SMILES string of the molecule is CSc1ccc(S(=O)(=O)Nc2ccc(C(=O)N(C)Cc3cccc(C)c3)cc2)cc1. The van der Waals surface area contributed by atoms with Gasteiger partial charge in [-0.1, -0.05) is 29.8 Å². The molecule has 156 valence electrons. The van der Waals surface area contributed by atoms with Crippen LogP contribution in [0.25, 0.3) is 0 Å². The minimum absolute atomic E-state index is 0.126. The fourth-order valence-corrected chi connectivity index (χ4v) is 4.49. The summed E-state index contributed by atoms with van der Waals surface area (Å²) in [6.45, 7) is 2.52. The van der Waals surface area contributed by atoms with Gasteiger partial charge in [0.1, 0.15) is 0 Å². The van der Waals surface area contributed by atoms with Gasteiger partial charge in [-0.2, -0.15) is 0 Å². The molecule has 0 aliphatic heterocycles. The first-order valence-electron chi connectivity index (χ1n) is 9.36. The molecule has 30 heavy (non-hydrogen) atoms.